The summed E-state index contributed by atoms with van der Waals surface area (Å²) >= 11 is 0. The van der Waals surface area contributed by atoms with Gasteiger partial charge in [-0.3, -0.25) is 28.9 Å². The van der Waals surface area contributed by atoms with Crippen molar-refractivity contribution in [2.75, 3.05) is 106 Å². The average Bonchev–Trinajstić information content (AvgIpc) is 3.37. The van der Waals surface area contributed by atoms with Crippen molar-refractivity contribution in [1.29, 1.82) is 0 Å². The third kappa shape index (κ3) is 42.1. The molecule has 430 valence electrons. The Kier molecular flexibility index (Phi) is 49.4. The van der Waals surface area contributed by atoms with E-state index in [2.05, 4.69) is 49.7 Å². The maximum atomic E-state index is 14.7. The van der Waals surface area contributed by atoms with Gasteiger partial charge in [-0.05, 0) is 52.7 Å². The number of carbonyl (C=O) groups excluding carboxylic acids is 5. The molecule has 5 amide bonds. The normalized spacial score (nSPS) is 11.5. The van der Waals surface area contributed by atoms with Crippen molar-refractivity contribution in [2.24, 2.45) is 5.73 Å². The van der Waals surface area contributed by atoms with E-state index in [-0.39, 0.29) is 56.4 Å². The fraction of sp³-hybridized carbons (Fsp3) is 0.917. The minimum Gasteiger partial charge on any atom is -0.368 e. The molecular formula is C60H120N8O5. The van der Waals surface area contributed by atoms with Crippen molar-refractivity contribution in [2.45, 2.75) is 253 Å². The molecule has 0 fully saturated rings. The zero-order valence-electron chi connectivity index (χ0n) is 49.2. The van der Waals surface area contributed by atoms with Gasteiger partial charge in [-0.2, -0.15) is 0 Å². The largest absolute Gasteiger partial charge is 0.368 e. The van der Waals surface area contributed by atoms with Crippen LogP contribution in [0.2, 0.25) is 0 Å². The summed E-state index contributed by atoms with van der Waals surface area (Å²) in [6.45, 7) is 17.1. The van der Waals surface area contributed by atoms with E-state index >= 15 is 0 Å². The Bertz CT molecular complexity index is 1310. The average molecular weight is 1030 g/mol. The molecule has 0 aliphatic rings. The number of hydrogen-bond acceptors (Lipinski definition) is 8. The molecule has 0 rings (SSSR count). The first kappa shape index (κ1) is 70.2. The van der Waals surface area contributed by atoms with Crippen molar-refractivity contribution in [3.63, 3.8) is 0 Å². The van der Waals surface area contributed by atoms with Crippen molar-refractivity contribution in [3.8, 4) is 0 Å². The molecule has 73 heavy (non-hydrogen) atoms. The van der Waals surface area contributed by atoms with Gasteiger partial charge in [0.15, 0.2) is 0 Å². The number of primary amides is 1. The van der Waals surface area contributed by atoms with E-state index in [9.17, 15) is 24.0 Å². The van der Waals surface area contributed by atoms with Crippen LogP contribution in [0.25, 0.3) is 0 Å². The lowest BCUT2D eigenvalue weighted by Gasteiger charge is -2.32. The van der Waals surface area contributed by atoms with Gasteiger partial charge in [-0.25, -0.2) is 0 Å². The number of carbonyl (C=O) groups is 5. The first-order valence-corrected chi connectivity index (χ1v) is 30.9. The number of unbranched alkanes of at least 4 members (excludes halogenated alkanes) is 29. The minimum absolute atomic E-state index is 0.0552. The van der Waals surface area contributed by atoms with E-state index in [4.69, 9.17) is 5.73 Å². The van der Waals surface area contributed by atoms with Gasteiger partial charge in [0.25, 0.3) is 0 Å². The van der Waals surface area contributed by atoms with Crippen LogP contribution in [0.4, 0.5) is 0 Å². The highest BCUT2D eigenvalue weighted by molar-refractivity contribution is 5.91. The standard InChI is InChI=1S/C60H120N8O5/c1-8-13-18-22-26-30-34-38-44-65(51-56(61)69)58(71)53-67(46-40-36-32-28-24-20-15-10-3)60(73)55-68(47-41-37-33-29-25-21-16-11-4)59(72)54-66(45-39-35-31-27-23-19-14-9-2)57(70)52-63(7)49-50-64(43-17-12-5)48-42-62-6/h62H,8-55H2,1-7H3,(H2,61,69). The second kappa shape index (κ2) is 51.3. The van der Waals surface area contributed by atoms with E-state index in [1.807, 2.05) is 14.1 Å². The van der Waals surface area contributed by atoms with Crippen molar-refractivity contribution in [3.05, 3.63) is 0 Å². The lowest BCUT2D eigenvalue weighted by molar-refractivity contribution is -0.146. The van der Waals surface area contributed by atoms with Crippen LogP contribution in [0.1, 0.15) is 253 Å². The van der Waals surface area contributed by atoms with E-state index in [0.29, 0.717) is 26.2 Å². The summed E-state index contributed by atoms with van der Waals surface area (Å²) in [5.41, 5.74) is 5.70. The number of nitrogens with zero attached hydrogens (tertiary/aromatic N) is 6. The number of amides is 5. The molecule has 0 aromatic heterocycles. The van der Waals surface area contributed by atoms with Gasteiger partial charge in [0.05, 0.1) is 32.7 Å². The van der Waals surface area contributed by atoms with Crippen molar-refractivity contribution < 1.29 is 24.0 Å². The fourth-order valence-corrected chi connectivity index (χ4v) is 9.60. The van der Waals surface area contributed by atoms with Crippen LogP contribution in [-0.2, 0) is 24.0 Å². The van der Waals surface area contributed by atoms with Crippen LogP contribution >= 0.6 is 0 Å². The molecule has 13 nitrogen and oxygen atoms in total. The second-order valence-electron chi connectivity index (χ2n) is 21.7. The van der Waals surface area contributed by atoms with Crippen LogP contribution in [0, 0.1) is 0 Å². The predicted octanol–water partition coefficient (Wildman–Crippen LogP) is 11.6. The molecule has 0 spiro atoms. The zero-order chi connectivity index (χ0) is 54.0. The number of nitrogens with two attached hydrogens (primary N) is 1. The Balaban J connectivity index is 6.49. The molecule has 0 bridgehead atoms. The van der Waals surface area contributed by atoms with Gasteiger partial charge >= 0.3 is 0 Å². The van der Waals surface area contributed by atoms with Gasteiger partial charge < -0.3 is 35.6 Å². The Hall–Kier alpha value is -2.77. The molecule has 0 unspecified atom stereocenters. The molecule has 0 aromatic rings. The molecule has 13 heteroatoms. The molecule has 0 aliphatic carbocycles. The van der Waals surface area contributed by atoms with E-state index in [1.165, 1.54) is 114 Å². The monoisotopic (exact) mass is 1030 g/mol. The third-order valence-corrected chi connectivity index (χ3v) is 14.6. The zero-order valence-corrected chi connectivity index (χ0v) is 49.2. The molecule has 0 radical (unpaired) electrons. The Morgan fingerprint density at radius 1 is 0.315 bits per heavy atom. The predicted molar refractivity (Wildman–Crippen MR) is 309 cm³/mol. The minimum atomic E-state index is -0.563. The van der Waals surface area contributed by atoms with Crippen LogP contribution in [-0.4, -0.2) is 165 Å². The van der Waals surface area contributed by atoms with Gasteiger partial charge in [-0.15, -0.1) is 0 Å². The van der Waals surface area contributed by atoms with Crippen LogP contribution in [0.3, 0.4) is 0 Å². The third-order valence-electron chi connectivity index (χ3n) is 14.6. The summed E-state index contributed by atoms with van der Waals surface area (Å²) in [5.74, 6) is -1.38. The molecule has 0 atom stereocenters. The van der Waals surface area contributed by atoms with Crippen molar-refractivity contribution >= 4 is 29.5 Å². The summed E-state index contributed by atoms with van der Waals surface area (Å²) in [6.07, 6.45) is 38.0. The van der Waals surface area contributed by atoms with Gasteiger partial charge in [0, 0.05) is 52.4 Å². The highest BCUT2D eigenvalue weighted by Gasteiger charge is 2.28. The smallest absolute Gasteiger partial charge is 0.242 e. The summed E-state index contributed by atoms with van der Waals surface area (Å²) in [5, 5.41) is 3.27. The lowest BCUT2D eigenvalue weighted by atomic mass is 10.1. The number of rotatable bonds is 55. The molecular weight excluding hydrogens is 913 g/mol. The van der Waals surface area contributed by atoms with E-state index in [0.717, 1.165) is 142 Å². The SMILES string of the molecule is CCCCCCCCCCN(CC(N)=O)C(=O)CN(CCCCCCCCCC)C(=O)CN(CCCCCCCCCC)C(=O)CN(CCCCCCCCCC)C(=O)CN(C)CCN(CCCC)CCNC. The maximum Gasteiger partial charge on any atom is 0.242 e. The van der Waals surface area contributed by atoms with Gasteiger partial charge in [0.1, 0.15) is 0 Å². The summed E-state index contributed by atoms with van der Waals surface area (Å²) in [7, 11) is 3.98. The Morgan fingerprint density at radius 2 is 0.589 bits per heavy atom. The lowest BCUT2D eigenvalue weighted by Crippen LogP contribution is -2.51. The molecule has 0 heterocycles. The van der Waals surface area contributed by atoms with Gasteiger partial charge in [0.2, 0.25) is 29.5 Å². The Morgan fingerprint density at radius 3 is 0.877 bits per heavy atom. The van der Waals surface area contributed by atoms with E-state index in [1.54, 1.807) is 14.7 Å². The highest BCUT2D eigenvalue weighted by Crippen LogP contribution is 2.15. The summed E-state index contributed by atoms with van der Waals surface area (Å²) in [6, 6.07) is 0. The maximum absolute atomic E-state index is 14.7. The molecule has 0 aliphatic heterocycles. The number of likely N-dealkylation sites (N-methyl/N-ethyl adjacent to an activating group) is 2. The fourth-order valence-electron chi connectivity index (χ4n) is 9.60. The Labute approximate surface area is 451 Å². The summed E-state index contributed by atoms with van der Waals surface area (Å²) < 4.78 is 0. The molecule has 0 aromatic carbocycles. The van der Waals surface area contributed by atoms with E-state index < -0.39 is 5.91 Å². The van der Waals surface area contributed by atoms with Crippen molar-refractivity contribution in [1.82, 2.24) is 34.7 Å². The highest BCUT2D eigenvalue weighted by atomic mass is 16.2. The number of nitrogens with one attached hydrogen (secondary N) is 1. The second-order valence-corrected chi connectivity index (χ2v) is 21.7. The first-order chi connectivity index (χ1) is 35.5. The quantitative estimate of drug-likeness (QED) is 0.0574. The summed E-state index contributed by atoms with van der Waals surface area (Å²) in [4.78, 5) is 81.2. The number of hydrogen-bond donors (Lipinski definition) is 2. The molecule has 0 saturated heterocycles. The first-order valence-electron chi connectivity index (χ1n) is 30.9. The molecule has 3 N–H and O–H groups in total. The molecule has 0 saturated carbocycles. The van der Waals surface area contributed by atoms with Crippen LogP contribution in [0.15, 0.2) is 0 Å². The van der Waals surface area contributed by atoms with Crippen LogP contribution in [0.5, 0.6) is 0 Å². The van der Waals surface area contributed by atoms with Gasteiger partial charge in [-0.1, -0.05) is 221 Å². The topological polar surface area (TPSA) is 143 Å². The van der Waals surface area contributed by atoms with Crippen LogP contribution < -0.4 is 11.1 Å².